The van der Waals surface area contributed by atoms with E-state index < -0.39 is 22.0 Å². The van der Waals surface area contributed by atoms with Crippen molar-refractivity contribution >= 4 is 21.7 Å². The number of hydrogen-bond donors (Lipinski definition) is 2. The van der Waals surface area contributed by atoms with Crippen molar-refractivity contribution in [3.63, 3.8) is 0 Å². The van der Waals surface area contributed by atoms with Gasteiger partial charge >= 0.3 is 5.97 Å². The average molecular weight is 300 g/mol. The first-order chi connectivity index (χ1) is 9.15. The number of nitrogens with zero attached hydrogens (tertiary/aromatic N) is 1. The Kier molecular flexibility index (Phi) is 5.13. The molecule has 0 spiro atoms. The number of hydrogen-bond acceptors (Lipinski definition) is 4. The fraction of sp³-hybridized carbons (Fsp3) is 0.462. The Labute approximate surface area is 119 Å². The van der Waals surface area contributed by atoms with E-state index in [1.807, 2.05) is 0 Å². The van der Waals surface area contributed by atoms with Crippen molar-refractivity contribution in [3.8, 4) is 0 Å². The largest absolute Gasteiger partial charge is 0.480 e. The second kappa shape index (κ2) is 6.23. The number of anilines is 1. The van der Waals surface area contributed by atoms with Crippen LogP contribution in [0.2, 0.25) is 0 Å². The molecule has 7 heteroatoms. The zero-order valence-corrected chi connectivity index (χ0v) is 12.8. The van der Waals surface area contributed by atoms with Crippen LogP contribution in [0, 0.1) is 5.92 Å². The third-order valence-corrected chi connectivity index (χ3v) is 4.30. The van der Waals surface area contributed by atoms with Gasteiger partial charge in [-0.15, -0.1) is 0 Å². The summed E-state index contributed by atoms with van der Waals surface area (Å²) < 4.78 is 26.7. The lowest BCUT2D eigenvalue weighted by molar-refractivity contribution is -0.140. The first kappa shape index (κ1) is 16.5. The molecule has 0 aliphatic heterocycles. The van der Waals surface area contributed by atoms with Crippen molar-refractivity contribution in [3.05, 3.63) is 24.3 Å². The first-order valence-electron chi connectivity index (χ1n) is 6.17. The topological polar surface area (TPSA) is 86.7 Å². The van der Waals surface area contributed by atoms with E-state index in [-0.39, 0.29) is 10.8 Å². The minimum Gasteiger partial charge on any atom is -0.480 e. The Morgan fingerprint density at radius 3 is 2.35 bits per heavy atom. The summed E-state index contributed by atoms with van der Waals surface area (Å²) in [6.07, 6.45) is 0. The Hall–Kier alpha value is -1.60. The highest BCUT2D eigenvalue weighted by atomic mass is 32.2. The Morgan fingerprint density at radius 2 is 1.90 bits per heavy atom. The molecule has 0 amide bonds. The predicted octanol–water partition coefficient (Wildman–Crippen LogP) is 1.14. The van der Waals surface area contributed by atoms with E-state index in [0.29, 0.717) is 0 Å². The molecular weight excluding hydrogens is 280 g/mol. The number of aliphatic carboxylic acids is 1. The van der Waals surface area contributed by atoms with E-state index in [9.17, 15) is 13.2 Å². The first-order valence-corrected chi connectivity index (χ1v) is 7.66. The van der Waals surface area contributed by atoms with E-state index in [0.717, 1.165) is 5.69 Å². The molecule has 0 saturated heterocycles. The van der Waals surface area contributed by atoms with E-state index in [1.165, 1.54) is 12.1 Å². The number of nitrogens with one attached hydrogen (secondary N) is 1. The van der Waals surface area contributed by atoms with Crippen LogP contribution in [0.1, 0.15) is 13.8 Å². The predicted molar refractivity (Wildman–Crippen MR) is 77.4 cm³/mol. The summed E-state index contributed by atoms with van der Waals surface area (Å²) in [7, 11) is -0.265. The molecule has 0 heterocycles. The van der Waals surface area contributed by atoms with Crippen LogP contribution in [-0.2, 0) is 14.8 Å². The van der Waals surface area contributed by atoms with Gasteiger partial charge in [0, 0.05) is 19.8 Å². The number of rotatable bonds is 6. The van der Waals surface area contributed by atoms with Gasteiger partial charge in [-0.3, -0.25) is 4.79 Å². The summed E-state index contributed by atoms with van der Waals surface area (Å²) >= 11 is 0. The zero-order chi connectivity index (χ0) is 15.5. The molecule has 6 nitrogen and oxygen atoms in total. The maximum absolute atomic E-state index is 12.2. The molecule has 0 fully saturated rings. The van der Waals surface area contributed by atoms with Gasteiger partial charge < -0.3 is 10.0 Å². The summed E-state index contributed by atoms with van der Waals surface area (Å²) in [4.78, 5) is 12.9. The van der Waals surface area contributed by atoms with Crippen LogP contribution in [0.5, 0.6) is 0 Å². The molecule has 1 atom stereocenters. The lowest BCUT2D eigenvalue weighted by atomic mass is 10.1. The number of benzene rings is 1. The lowest BCUT2D eigenvalue weighted by Gasteiger charge is -2.19. The fourth-order valence-corrected chi connectivity index (χ4v) is 3.01. The summed E-state index contributed by atoms with van der Waals surface area (Å²) in [5.41, 5.74) is 0.726. The molecule has 0 radical (unpaired) electrons. The van der Waals surface area contributed by atoms with Crippen molar-refractivity contribution in [1.29, 1.82) is 0 Å². The van der Waals surface area contributed by atoms with E-state index in [4.69, 9.17) is 5.11 Å². The standard InChI is InChI=1S/C13H20N2O4S/c1-9(2)12(13(16)17)14-20(18,19)11-7-5-6-10(8-11)15(3)4/h5-9,12,14H,1-4H3,(H,16,17)/t12-/m0/s1. The summed E-state index contributed by atoms with van der Waals surface area (Å²) in [6, 6.07) is 5.18. The molecule has 0 unspecified atom stereocenters. The quantitative estimate of drug-likeness (QED) is 0.822. The van der Waals surface area contributed by atoms with Gasteiger partial charge in [-0.2, -0.15) is 4.72 Å². The SMILES string of the molecule is CC(C)[C@H](NS(=O)(=O)c1cccc(N(C)C)c1)C(=O)O. The van der Waals surface area contributed by atoms with E-state index >= 15 is 0 Å². The van der Waals surface area contributed by atoms with E-state index in [2.05, 4.69) is 4.72 Å². The van der Waals surface area contributed by atoms with Crippen LogP contribution in [0.25, 0.3) is 0 Å². The monoisotopic (exact) mass is 300 g/mol. The molecule has 0 aliphatic rings. The van der Waals surface area contributed by atoms with Gasteiger partial charge in [0.15, 0.2) is 0 Å². The molecule has 0 aliphatic carbocycles. The van der Waals surface area contributed by atoms with Gasteiger partial charge in [0.2, 0.25) is 10.0 Å². The molecule has 0 aromatic heterocycles. The van der Waals surface area contributed by atoms with Crippen LogP contribution < -0.4 is 9.62 Å². The number of carbonyl (C=O) groups is 1. The summed E-state index contributed by atoms with van der Waals surface area (Å²) in [5, 5.41) is 9.06. The van der Waals surface area contributed by atoms with Gasteiger partial charge in [-0.25, -0.2) is 8.42 Å². The van der Waals surface area contributed by atoms with Gasteiger partial charge in [-0.05, 0) is 24.1 Å². The van der Waals surface area contributed by atoms with Gasteiger partial charge in [0.1, 0.15) is 6.04 Å². The van der Waals surface area contributed by atoms with Crippen LogP contribution in [0.15, 0.2) is 29.2 Å². The van der Waals surface area contributed by atoms with Crippen LogP contribution in [-0.4, -0.2) is 39.6 Å². The summed E-state index contributed by atoms with van der Waals surface area (Å²) in [6.45, 7) is 3.30. The maximum atomic E-state index is 12.2. The second-order valence-corrected chi connectivity index (χ2v) is 6.79. The van der Waals surface area contributed by atoms with Crippen molar-refractivity contribution < 1.29 is 18.3 Å². The van der Waals surface area contributed by atoms with Gasteiger partial charge in [0.25, 0.3) is 0 Å². The maximum Gasteiger partial charge on any atom is 0.322 e. The highest BCUT2D eigenvalue weighted by molar-refractivity contribution is 7.89. The van der Waals surface area contributed by atoms with Gasteiger partial charge in [-0.1, -0.05) is 19.9 Å². The molecule has 112 valence electrons. The third kappa shape index (κ3) is 3.94. The zero-order valence-electron chi connectivity index (χ0n) is 12.0. The summed E-state index contributed by atoms with van der Waals surface area (Å²) in [5.74, 6) is -1.54. The number of sulfonamides is 1. The van der Waals surface area contributed by atoms with Crippen molar-refractivity contribution in [2.24, 2.45) is 5.92 Å². The average Bonchev–Trinajstić information content (AvgIpc) is 2.35. The van der Waals surface area contributed by atoms with Gasteiger partial charge in [0.05, 0.1) is 4.90 Å². The van der Waals surface area contributed by atoms with Crippen molar-refractivity contribution in [2.75, 3.05) is 19.0 Å². The molecule has 20 heavy (non-hydrogen) atoms. The molecular formula is C13H20N2O4S. The normalized spacial score (nSPS) is 13.2. The highest BCUT2D eigenvalue weighted by Gasteiger charge is 2.28. The Morgan fingerprint density at radius 1 is 1.30 bits per heavy atom. The molecule has 0 bridgehead atoms. The Bertz CT molecular complexity index is 582. The molecule has 0 saturated carbocycles. The minimum absolute atomic E-state index is 0.0515. The molecule has 1 aromatic rings. The second-order valence-electron chi connectivity index (χ2n) is 5.07. The smallest absolute Gasteiger partial charge is 0.322 e. The highest BCUT2D eigenvalue weighted by Crippen LogP contribution is 2.18. The number of carboxylic acids is 1. The van der Waals surface area contributed by atoms with Crippen molar-refractivity contribution in [2.45, 2.75) is 24.8 Å². The fourth-order valence-electron chi connectivity index (χ4n) is 1.64. The molecule has 2 N–H and O–H groups in total. The molecule has 1 rings (SSSR count). The van der Waals surface area contributed by atoms with Crippen molar-refractivity contribution in [1.82, 2.24) is 4.72 Å². The van der Waals surface area contributed by atoms with E-state index in [1.54, 1.807) is 45.0 Å². The van der Waals surface area contributed by atoms with Crippen LogP contribution >= 0.6 is 0 Å². The number of carboxylic acid groups (broad SMARTS) is 1. The van der Waals surface area contributed by atoms with Crippen LogP contribution in [0.4, 0.5) is 5.69 Å². The lowest BCUT2D eigenvalue weighted by Crippen LogP contribution is -2.44. The minimum atomic E-state index is -3.86. The van der Waals surface area contributed by atoms with Crippen LogP contribution in [0.3, 0.4) is 0 Å². The molecule has 1 aromatic carbocycles. The third-order valence-electron chi connectivity index (χ3n) is 2.86. The Balaban J connectivity index is 3.10.